The Labute approximate surface area is 62.1 Å². The largest absolute Gasteiger partial charge is 0.395 e. The molecule has 0 saturated carbocycles. The molecule has 3 N–H and O–H groups in total. The Morgan fingerprint density at radius 2 is 2.10 bits per heavy atom. The second-order valence-electron chi connectivity index (χ2n) is 2.10. The van der Waals surface area contributed by atoms with Crippen molar-refractivity contribution in [2.75, 3.05) is 13.2 Å². The third-order valence-corrected chi connectivity index (χ3v) is 1.51. The molecule has 1 aliphatic heterocycles. The maximum atomic E-state index is 8.97. The molecule has 1 heterocycles. The van der Waals surface area contributed by atoms with E-state index in [1.165, 1.54) is 0 Å². The van der Waals surface area contributed by atoms with E-state index >= 15 is 0 Å². The first kappa shape index (κ1) is 9.88. The van der Waals surface area contributed by atoms with Gasteiger partial charge in [0, 0.05) is 0 Å². The van der Waals surface area contributed by atoms with E-state index in [-0.39, 0.29) is 18.8 Å². The quantitative estimate of drug-likeness (QED) is 0.478. The van der Waals surface area contributed by atoms with Crippen molar-refractivity contribution < 1.29 is 10.2 Å². The zero-order valence-electron chi connectivity index (χ0n) is 6.67. The molecule has 62 valence electrons. The van der Waals surface area contributed by atoms with Crippen LogP contribution < -0.4 is 5.32 Å². The van der Waals surface area contributed by atoms with Crippen LogP contribution in [-0.2, 0) is 0 Å². The number of nitrogens with one attached hydrogen (secondary N) is 1. The van der Waals surface area contributed by atoms with E-state index < -0.39 is 0 Å². The summed E-state index contributed by atoms with van der Waals surface area (Å²) in [6.07, 6.45) is 0.436. The summed E-state index contributed by atoms with van der Waals surface area (Å²) in [5.41, 5.74) is 0. The first-order chi connectivity index (χ1) is 4.84. The molecule has 0 bridgehead atoms. The summed E-state index contributed by atoms with van der Waals surface area (Å²) >= 11 is 0. The maximum absolute atomic E-state index is 8.97. The molecule has 1 fully saturated rings. The van der Waals surface area contributed by atoms with Gasteiger partial charge in [-0.15, -0.1) is 0 Å². The van der Waals surface area contributed by atoms with Crippen LogP contribution >= 0.6 is 0 Å². The lowest BCUT2D eigenvalue weighted by atomic mass is 10.2. The molecule has 0 aromatic rings. The average Bonchev–Trinajstić information content (AvgIpc) is 2.39. The first-order valence-electron chi connectivity index (χ1n) is 3.87. The molecule has 0 aromatic heterocycles. The number of aliphatic hydroxyl groups is 2. The smallest absolute Gasteiger partial charge is 0.0727 e. The molecule has 0 amide bonds. The van der Waals surface area contributed by atoms with Gasteiger partial charge in [-0.25, -0.2) is 0 Å². The number of hydrogen-bond acceptors (Lipinski definition) is 3. The molecule has 0 radical (unpaired) electrons. The van der Waals surface area contributed by atoms with Crippen molar-refractivity contribution in [3.05, 3.63) is 0 Å². The predicted molar refractivity (Wildman–Crippen MR) is 40.8 cm³/mol. The van der Waals surface area contributed by atoms with Gasteiger partial charge in [0.2, 0.25) is 0 Å². The Hall–Kier alpha value is -0.120. The topological polar surface area (TPSA) is 52.5 Å². The maximum Gasteiger partial charge on any atom is 0.0727 e. The minimum absolute atomic E-state index is 0.0428. The molecule has 3 heteroatoms. The molecule has 3 nitrogen and oxygen atoms in total. The fraction of sp³-hybridized carbons (Fsp3) is 1.00. The highest BCUT2D eigenvalue weighted by Gasteiger charge is 2.22. The third kappa shape index (κ3) is 2.64. The second-order valence-corrected chi connectivity index (χ2v) is 2.10. The van der Waals surface area contributed by atoms with E-state index in [4.69, 9.17) is 10.2 Å². The first-order valence-corrected chi connectivity index (χ1v) is 3.87. The lowest BCUT2D eigenvalue weighted by Crippen LogP contribution is -2.33. The number of rotatable bonds is 1. The Bertz CT molecular complexity index is 78.0. The van der Waals surface area contributed by atoms with Gasteiger partial charge < -0.3 is 15.5 Å². The lowest BCUT2D eigenvalue weighted by molar-refractivity contribution is 0.121. The molecule has 10 heavy (non-hydrogen) atoms. The molecular weight excluding hydrogens is 130 g/mol. The highest BCUT2D eigenvalue weighted by molar-refractivity contribution is 4.81. The SMILES string of the molecule is CC.OC[C@@H]1NCCC1O. The van der Waals surface area contributed by atoms with Gasteiger partial charge in [0.25, 0.3) is 0 Å². The van der Waals surface area contributed by atoms with Gasteiger partial charge in [-0.2, -0.15) is 0 Å². The Morgan fingerprint density at radius 1 is 1.50 bits per heavy atom. The summed E-state index contributed by atoms with van der Waals surface area (Å²) in [7, 11) is 0. The van der Waals surface area contributed by atoms with E-state index in [1.807, 2.05) is 13.8 Å². The van der Waals surface area contributed by atoms with Crippen molar-refractivity contribution in [1.82, 2.24) is 5.32 Å². The third-order valence-electron chi connectivity index (χ3n) is 1.51. The standard InChI is InChI=1S/C5H11NO2.C2H6/c7-3-4-5(8)1-2-6-4;1-2/h4-8H,1-3H2;1-2H3/t4-,5?;/m0./s1. The van der Waals surface area contributed by atoms with Crippen molar-refractivity contribution in [3.63, 3.8) is 0 Å². The van der Waals surface area contributed by atoms with Crippen LogP contribution in [0.25, 0.3) is 0 Å². The van der Waals surface area contributed by atoms with Crippen LogP contribution in [0.3, 0.4) is 0 Å². The summed E-state index contributed by atoms with van der Waals surface area (Å²) in [4.78, 5) is 0. The van der Waals surface area contributed by atoms with Crippen LogP contribution in [0.2, 0.25) is 0 Å². The van der Waals surface area contributed by atoms with Crippen LogP contribution in [0, 0.1) is 0 Å². The van der Waals surface area contributed by atoms with Crippen LogP contribution in [0.15, 0.2) is 0 Å². The van der Waals surface area contributed by atoms with Gasteiger partial charge in [0.1, 0.15) is 0 Å². The average molecular weight is 147 g/mol. The van der Waals surface area contributed by atoms with E-state index in [1.54, 1.807) is 0 Å². The van der Waals surface area contributed by atoms with Crippen molar-refractivity contribution in [3.8, 4) is 0 Å². The number of aliphatic hydroxyl groups excluding tert-OH is 2. The van der Waals surface area contributed by atoms with Gasteiger partial charge in [-0.3, -0.25) is 0 Å². The van der Waals surface area contributed by atoms with Gasteiger partial charge in [-0.1, -0.05) is 13.8 Å². The molecule has 0 spiro atoms. The fourth-order valence-corrected chi connectivity index (χ4v) is 0.940. The molecule has 2 atom stereocenters. The minimum atomic E-state index is -0.333. The minimum Gasteiger partial charge on any atom is -0.395 e. The Morgan fingerprint density at radius 3 is 2.30 bits per heavy atom. The van der Waals surface area contributed by atoms with E-state index in [0.717, 1.165) is 13.0 Å². The fourth-order valence-electron chi connectivity index (χ4n) is 0.940. The van der Waals surface area contributed by atoms with E-state index in [0.29, 0.717) is 0 Å². The van der Waals surface area contributed by atoms with Gasteiger partial charge >= 0.3 is 0 Å². The van der Waals surface area contributed by atoms with Crippen molar-refractivity contribution in [2.24, 2.45) is 0 Å². The lowest BCUT2D eigenvalue weighted by Gasteiger charge is -2.09. The van der Waals surface area contributed by atoms with Crippen LogP contribution in [0.5, 0.6) is 0 Å². The number of hydrogen-bond donors (Lipinski definition) is 3. The monoisotopic (exact) mass is 147 g/mol. The zero-order valence-corrected chi connectivity index (χ0v) is 6.67. The van der Waals surface area contributed by atoms with Gasteiger partial charge in [-0.05, 0) is 13.0 Å². The van der Waals surface area contributed by atoms with Gasteiger partial charge in [0.15, 0.2) is 0 Å². The van der Waals surface area contributed by atoms with Crippen LogP contribution in [-0.4, -0.2) is 35.5 Å². The van der Waals surface area contributed by atoms with Gasteiger partial charge in [0.05, 0.1) is 18.8 Å². The molecule has 1 unspecified atom stereocenters. The van der Waals surface area contributed by atoms with Crippen molar-refractivity contribution in [2.45, 2.75) is 32.4 Å². The normalized spacial score (nSPS) is 31.2. The zero-order chi connectivity index (χ0) is 7.98. The summed E-state index contributed by atoms with van der Waals surface area (Å²) in [6, 6.07) is -0.0741. The predicted octanol–water partition coefficient (Wildman–Crippen LogP) is -0.272. The van der Waals surface area contributed by atoms with E-state index in [9.17, 15) is 0 Å². The molecule has 1 saturated heterocycles. The van der Waals surface area contributed by atoms with Crippen molar-refractivity contribution >= 4 is 0 Å². The van der Waals surface area contributed by atoms with E-state index in [2.05, 4.69) is 5.32 Å². The molecule has 0 aliphatic carbocycles. The molecule has 1 aliphatic rings. The summed E-state index contributed by atoms with van der Waals surface area (Å²) < 4.78 is 0. The summed E-state index contributed by atoms with van der Waals surface area (Å²) in [5, 5.41) is 20.4. The Kier molecular flexibility index (Phi) is 5.58. The molecule has 1 rings (SSSR count). The Balaban J connectivity index is 0.000000371. The highest BCUT2D eigenvalue weighted by Crippen LogP contribution is 2.04. The second kappa shape index (κ2) is 5.65. The molecule has 0 aromatic carbocycles. The summed E-state index contributed by atoms with van der Waals surface area (Å²) in [5.74, 6) is 0. The molecular formula is C7H17NO2. The summed E-state index contributed by atoms with van der Waals surface area (Å²) in [6.45, 7) is 4.87. The van der Waals surface area contributed by atoms with Crippen molar-refractivity contribution in [1.29, 1.82) is 0 Å². The van der Waals surface area contributed by atoms with Crippen LogP contribution in [0.4, 0.5) is 0 Å². The van der Waals surface area contributed by atoms with Crippen LogP contribution in [0.1, 0.15) is 20.3 Å². The highest BCUT2D eigenvalue weighted by atomic mass is 16.3.